The number of anilines is 1. The van der Waals surface area contributed by atoms with Gasteiger partial charge in [-0.3, -0.25) is 0 Å². The molecule has 0 aliphatic heterocycles. The molecule has 1 aromatic carbocycles. The highest BCUT2D eigenvalue weighted by molar-refractivity contribution is 9.10. The molecular formula is C14H22BrNO3. The third kappa shape index (κ3) is 8.99. The largest absolute Gasteiger partial charge is 0.385 e. The molecule has 0 heterocycles. The summed E-state index contributed by atoms with van der Waals surface area (Å²) in [6, 6.07) is 8.08. The van der Waals surface area contributed by atoms with E-state index in [1.807, 2.05) is 24.3 Å². The lowest BCUT2D eigenvalue weighted by molar-refractivity contribution is 0.0431. The fraction of sp³-hybridized carbons (Fsp3) is 0.571. The van der Waals surface area contributed by atoms with E-state index < -0.39 is 0 Å². The van der Waals surface area contributed by atoms with Crippen LogP contribution in [0.4, 0.5) is 5.69 Å². The van der Waals surface area contributed by atoms with Gasteiger partial charge in [-0.05, 0) is 30.7 Å². The van der Waals surface area contributed by atoms with Gasteiger partial charge in [-0.2, -0.15) is 0 Å². The third-order valence-corrected chi connectivity index (χ3v) is 2.96. The van der Waals surface area contributed by atoms with Crippen molar-refractivity contribution in [2.75, 3.05) is 52.0 Å². The molecule has 1 aromatic rings. The number of methoxy groups -OCH3 is 1. The molecule has 5 heteroatoms. The molecule has 0 spiro atoms. The number of halogens is 1. The first kappa shape index (κ1) is 16.4. The molecule has 0 radical (unpaired) electrons. The first-order chi connectivity index (χ1) is 9.33. The molecule has 19 heavy (non-hydrogen) atoms. The molecule has 0 aliphatic carbocycles. The number of hydrogen-bond acceptors (Lipinski definition) is 4. The van der Waals surface area contributed by atoms with Crippen LogP contribution in [0.1, 0.15) is 6.42 Å². The molecule has 0 bridgehead atoms. The van der Waals surface area contributed by atoms with Gasteiger partial charge in [-0.1, -0.05) is 15.9 Å². The monoisotopic (exact) mass is 331 g/mol. The van der Waals surface area contributed by atoms with Crippen LogP contribution < -0.4 is 5.32 Å². The van der Waals surface area contributed by atoms with Crippen molar-refractivity contribution in [1.82, 2.24) is 0 Å². The van der Waals surface area contributed by atoms with Crippen LogP contribution in [0.15, 0.2) is 28.7 Å². The zero-order valence-electron chi connectivity index (χ0n) is 11.4. The normalized spacial score (nSPS) is 10.6. The Hall–Kier alpha value is -0.620. The Bertz CT molecular complexity index is 319. The molecule has 1 N–H and O–H groups in total. The van der Waals surface area contributed by atoms with Gasteiger partial charge >= 0.3 is 0 Å². The topological polar surface area (TPSA) is 39.7 Å². The van der Waals surface area contributed by atoms with E-state index in [1.54, 1.807) is 7.11 Å². The van der Waals surface area contributed by atoms with E-state index in [1.165, 1.54) is 0 Å². The van der Waals surface area contributed by atoms with Crippen LogP contribution in [0, 0.1) is 0 Å². The molecule has 0 aliphatic rings. The minimum atomic E-state index is 0.634. The van der Waals surface area contributed by atoms with Gasteiger partial charge in [0.15, 0.2) is 0 Å². The first-order valence-electron chi connectivity index (χ1n) is 6.47. The van der Waals surface area contributed by atoms with Crippen LogP contribution in [-0.2, 0) is 14.2 Å². The van der Waals surface area contributed by atoms with E-state index in [4.69, 9.17) is 14.2 Å². The summed E-state index contributed by atoms with van der Waals surface area (Å²) in [7, 11) is 1.70. The summed E-state index contributed by atoms with van der Waals surface area (Å²) in [5, 5.41) is 3.29. The van der Waals surface area contributed by atoms with E-state index in [2.05, 4.69) is 21.2 Å². The highest BCUT2D eigenvalue weighted by Gasteiger charge is 1.93. The Labute approximate surface area is 123 Å². The van der Waals surface area contributed by atoms with Gasteiger partial charge in [0.05, 0.1) is 19.8 Å². The van der Waals surface area contributed by atoms with Crippen LogP contribution in [0.2, 0.25) is 0 Å². The number of nitrogens with one attached hydrogen (secondary N) is 1. The number of benzene rings is 1. The van der Waals surface area contributed by atoms with E-state index in [0.29, 0.717) is 19.8 Å². The molecule has 1 rings (SSSR count). The molecule has 0 aromatic heterocycles. The van der Waals surface area contributed by atoms with Crippen molar-refractivity contribution in [3.8, 4) is 0 Å². The Morgan fingerprint density at radius 3 is 2.32 bits per heavy atom. The second-order valence-corrected chi connectivity index (χ2v) is 4.92. The smallest absolute Gasteiger partial charge is 0.0701 e. The van der Waals surface area contributed by atoms with Crippen molar-refractivity contribution in [1.29, 1.82) is 0 Å². The maximum Gasteiger partial charge on any atom is 0.0701 e. The lowest BCUT2D eigenvalue weighted by atomic mass is 10.3. The van der Waals surface area contributed by atoms with Crippen LogP contribution in [0.3, 0.4) is 0 Å². The Balaban J connectivity index is 1.87. The predicted molar refractivity (Wildman–Crippen MR) is 80.8 cm³/mol. The van der Waals surface area contributed by atoms with Gasteiger partial charge in [0.25, 0.3) is 0 Å². The van der Waals surface area contributed by atoms with E-state index in [9.17, 15) is 0 Å². The van der Waals surface area contributed by atoms with Crippen molar-refractivity contribution >= 4 is 21.6 Å². The summed E-state index contributed by atoms with van der Waals surface area (Å²) in [4.78, 5) is 0. The maximum absolute atomic E-state index is 5.46. The van der Waals surface area contributed by atoms with Gasteiger partial charge in [-0.25, -0.2) is 0 Å². The Morgan fingerprint density at radius 2 is 1.63 bits per heavy atom. The average Bonchev–Trinajstić information content (AvgIpc) is 2.43. The lowest BCUT2D eigenvalue weighted by Crippen LogP contribution is -2.13. The second kappa shape index (κ2) is 11.2. The summed E-state index contributed by atoms with van der Waals surface area (Å²) in [5.74, 6) is 0. The summed E-state index contributed by atoms with van der Waals surface area (Å²) >= 11 is 3.40. The first-order valence-corrected chi connectivity index (χ1v) is 7.26. The molecule has 108 valence electrons. The van der Waals surface area contributed by atoms with E-state index in [-0.39, 0.29) is 0 Å². The van der Waals surface area contributed by atoms with E-state index >= 15 is 0 Å². The van der Waals surface area contributed by atoms with Crippen molar-refractivity contribution < 1.29 is 14.2 Å². The quantitative estimate of drug-likeness (QED) is 0.633. The zero-order chi connectivity index (χ0) is 13.8. The summed E-state index contributed by atoms with van der Waals surface area (Å²) < 4.78 is 16.9. The van der Waals surface area contributed by atoms with Gasteiger partial charge < -0.3 is 19.5 Å². The Kier molecular flexibility index (Phi) is 9.71. The maximum atomic E-state index is 5.46. The molecule has 0 saturated carbocycles. The fourth-order valence-corrected chi connectivity index (χ4v) is 1.73. The van der Waals surface area contributed by atoms with Crippen LogP contribution in [0.25, 0.3) is 0 Å². The van der Waals surface area contributed by atoms with Crippen molar-refractivity contribution in [2.24, 2.45) is 0 Å². The summed E-state index contributed by atoms with van der Waals surface area (Å²) in [5.41, 5.74) is 1.10. The summed E-state index contributed by atoms with van der Waals surface area (Å²) in [6.07, 6.45) is 0.932. The van der Waals surface area contributed by atoms with Gasteiger partial charge in [-0.15, -0.1) is 0 Å². The van der Waals surface area contributed by atoms with Crippen LogP contribution in [-0.4, -0.2) is 46.7 Å². The molecule has 0 amide bonds. The van der Waals surface area contributed by atoms with Crippen molar-refractivity contribution in [2.45, 2.75) is 6.42 Å². The molecule has 0 atom stereocenters. The van der Waals surface area contributed by atoms with Gasteiger partial charge in [0.2, 0.25) is 0 Å². The van der Waals surface area contributed by atoms with Crippen LogP contribution in [0.5, 0.6) is 0 Å². The van der Waals surface area contributed by atoms with E-state index in [0.717, 1.165) is 36.3 Å². The lowest BCUT2D eigenvalue weighted by Gasteiger charge is -2.08. The summed E-state index contributed by atoms with van der Waals surface area (Å²) in [6.45, 7) is 4.23. The number of rotatable bonds is 11. The molecule has 4 nitrogen and oxygen atoms in total. The molecule has 0 unspecified atom stereocenters. The van der Waals surface area contributed by atoms with Crippen molar-refractivity contribution in [3.63, 3.8) is 0 Å². The standard InChI is InChI=1S/C14H22BrNO3/c1-17-8-2-9-18-11-12-19-10-7-16-14-5-3-13(15)4-6-14/h3-6,16H,2,7-12H2,1H3. The third-order valence-electron chi connectivity index (χ3n) is 2.43. The highest BCUT2D eigenvalue weighted by atomic mass is 79.9. The average molecular weight is 332 g/mol. The SMILES string of the molecule is COCCCOCCOCCNc1ccc(Br)cc1. The molecular weight excluding hydrogens is 310 g/mol. The predicted octanol–water partition coefficient (Wildman–Crippen LogP) is 2.93. The minimum Gasteiger partial charge on any atom is -0.385 e. The molecule has 0 saturated heterocycles. The van der Waals surface area contributed by atoms with Gasteiger partial charge in [0.1, 0.15) is 0 Å². The minimum absolute atomic E-state index is 0.634. The fourth-order valence-electron chi connectivity index (χ4n) is 1.46. The number of ether oxygens (including phenoxy) is 3. The Morgan fingerprint density at radius 1 is 0.947 bits per heavy atom. The van der Waals surface area contributed by atoms with Crippen LogP contribution >= 0.6 is 15.9 Å². The van der Waals surface area contributed by atoms with Gasteiger partial charge in [0, 0.05) is 37.0 Å². The second-order valence-electron chi connectivity index (χ2n) is 4.00. The zero-order valence-corrected chi connectivity index (χ0v) is 12.9. The highest BCUT2D eigenvalue weighted by Crippen LogP contribution is 2.13. The van der Waals surface area contributed by atoms with Crippen molar-refractivity contribution in [3.05, 3.63) is 28.7 Å². The number of hydrogen-bond donors (Lipinski definition) is 1. The molecule has 0 fully saturated rings.